The number of allylic oxidation sites excluding steroid dienone is 4. The number of carboxylic acids is 1. The zero-order chi connectivity index (χ0) is 95.2. The van der Waals surface area contributed by atoms with Crippen molar-refractivity contribution in [2.75, 3.05) is 57.4 Å². The van der Waals surface area contributed by atoms with Crippen LogP contribution in [-0.2, 0) is 120 Å². The van der Waals surface area contributed by atoms with Crippen LogP contribution in [0.15, 0.2) is 23.8 Å². The quantitative estimate of drug-likeness (QED) is 0.0153. The van der Waals surface area contributed by atoms with Crippen molar-refractivity contribution in [2.45, 2.75) is 255 Å². The molecule has 3 saturated carbocycles. The lowest BCUT2D eigenvalue weighted by Crippen LogP contribution is -2.63. The van der Waals surface area contributed by atoms with Gasteiger partial charge in [-0.3, -0.25) is 105 Å². The van der Waals surface area contributed by atoms with Crippen LogP contribution in [0.5, 0.6) is 0 Å². The number of unbranched alkanes of at least 4 members (excludes halogenated alkanes) is 1. The fourth-order valence-electron chi connectivity index (χ4n) is 17.3. The molecule has 17 amide bonds. The molecule has 128 heavy (non-hydrogen) atoms. The molecule has 710 valence electrons. The van der Waals surface area contributed by atoms with Crippen molar-refractivity contribution < 1.29 is 130 Å². The highest BCUT2D eigenvalue weighted by Gasteiger charge is 2.76. The Morgan fingerprint density at radius 2 is 1.17 bits per heavy atom. The van der Waals surface area contributed by atoms with Gasteiger partial charge < -0.3 is 122 Å². The Hall–Kier alpha value is -11.0. The molecule has 24 N–H and O–H groups in total. The zero-order valence-corrected chi connectivity index (χ0v) is 74.4. The summed E-state index contributed by atoms with van der Waals surface area (Å²) in [6, 6.07) is -14.5. The molecule has 1 unspecified atom stereocenters. The molecule has 45 nitrogen and oxygen atoms in total. The van der Waals surface area contributed by atoms with Crippen molar-refractivity contribution in [3.63, 3.8) is 0 Å². The summed E-state index contributed by atoms with van der Waals surface area (Å²) in [5.41, 5.74) is 25.2. The van der Waals surface area contributed by atoms with Gasteiger partial charge in [0, 0.05) is 61.0 Å². The normalized spacial score (nSPS) is 23.5. The minimum absolute atomic E-state index is 0.0316. The number of carbonyl (C=O) groups excluding carboxylic acids is 21. The van der Waals surface area contributed by atoms with E-state index in [1.807, 2.05) is 19.9 Å². The third-order valence-electron chi connectivity index (χ3n) is 23.4. The van der Waals surface area contributed by atoms with E-state index in [2.05, 4.69) is 70.7 Å². The number of Topliss-reactive ketones (excluding diaryl/α,β-unsaturated/α-hetero) is 2. The number of hydrogen-bond acceptors (Lipinski definition) is 29. The Bertz CT molecular complexity index is 4250. The van der Waals surface area contributed by atoms with Crippen molar-refractivity contribution in [3.8, 4) is 0 Å². The number of carbonyl (C=O) groups is 22. The van der Waals surface area contributed by atoms with Crippen molar-refractivity contribution in [2.24, 2.45) is 63.2 Å². The van der Waals surface area contributed by atoms with Gasteiger partial charge in [0.15, 0.2) is 24.3 Å². The van der Waals surface area contributed by atoms with Crippen LogP contribution in [-0.4, -0.2) is 281 Å². The summed E-state index contributed by atoms with van der Waals surface area (Å²) in [5.74, 6) is -21.9. The Morgan fingerprint density at radius 3 is 1.75 bits per heavy atom. The lowest BCUT2D eigenvalue weighted by Gasteiger charge is -2.59. The summed E-state index contributed by atoms with van der Waals surface area (Å²) in [4.78, 5) is 290. The second-order valence-corrected chi connectivity index (χ2v) is 36.1. The molecule has 0 aromatic rings. The van der Waals surface area contributed by atoms with Gasteiger partial charge in [0.1, 0.15) is 60.2 Å². The SMILES string of the molecule is CCCC1O[C@@H]2C[C@H]3[C@@H]4CCC5=CC(=O)C=C[C@]5(C)[C@H]4[C@@H](O)C[C@]3(C)[C@]2(C(=O)COC(=O)CCCSSC[C@H](NC(C)=O)C(=O)NCC(=O)N[C@@H](CC(N)=O)C(=O)N[C@@H](CC(N)=O)C(=O)N[C@@H](CCC(N)=O)C(=O)N[C@@H](CCC(N)=O)C(=O)NCC(=O)NCC(=O)N[C@@H](CC(=O)O)C(=O)N2CCC[C@H]2C(=O)N[C@H](C(=O)N[C@@H](CCCCN)C(=O)NCC(C)=O)C(C)C)O1. The van der Waals surface area contributed by atoms with Crippen LogP contribution in [0.1, 0.15) is 177 Å². The summed E-state index contributed by atoms with van der Waals surface area (Å²) in [6.07, 6.45) is 2.04. The third-order valence-corrected chi connectivity index (χ3v) is 25.9. The topological polar surface area (TPSA) is 721 Å². The first kappa shape index (κ1) is 106. The maximum Gasteiger partial charge on any atom is 0.306 e. The van der Waals surface area contributed by atoms with Gasteiger partial charge >= 0.3 is 11.9 Å². The summed E-state index contributed by atoms with van der Waals surface area (Å²) in [7, 11) is 2.32. The van der Waals surface area contributed by atoms with Crippen molar-refractivity contribution in [1.82, 2.24) is 68.7 Å². The molecule has 2 aliphatic heterocycles. The smallest absolute Gasteiger partial charge is 0.306 e. The number of fused-ring (bicyclic) bond motifs is 7. The number of nitrogens with one attached hydrogen (secondary N) is 12. The average molecular weight is 1840 g/mol. The first-order valence-electron chi connectivity index (χ1n) is 42.5. The number of esters is 1. The van der Waals surface area contributed by atoms with Gasteiger partial charge in [-0.05, 0) is 127 Å². The number of hydrogen-bond donors (Lipinski definition) is 19. The molecule has 2 heterocycles. The predicted molar refractivity (Wildman–Crippen MR) is 454 cm³/mol. The van der Waals surface area contributed by atoms with Gasteiger partial charge in [0.2, 0.25) is 106 Å². The molecule has 2 saturated heterocycles. The van der Waals surface area contributed by atoms with Gasteiger partial charge in [0.05, 0.1) is 57.6 Å². The Labute approximate surface area is 746 Å². The van der Waals surface area contributed by atoms with Gasteiger partial charge in [-0.2, -0.15) is 0 Å². The number of primary amides is 4. The molecule has 0 aromatic carbocycles. The maximum atomic E-state index is 14.7. The molecule has 5 fully saturated rings. The van der Waals surface area contributed by atoms with E-state index in [1.54, 1.807) is 26.0 Å². The number of ether oxygens (including phenoxy) is 3. The molecule has 6 rings (SSSR count). The van der Waals surface area contributed by atoms with E-state index >= 15 is 0 Å². The Morgan fingerprint density at radius 1 is 0.617 bits per heavy atom. The number of aliphatic hydroxyl groups excluding tert-OH is 1. The summed E-state index contributed by atoms with van der Waals surface area (Å²) < 4.78 is 18.8. The molecule has 6 aliphatic rings. The highest BCUT2D eigenvalue weighted by Crippen LogP contribution is 2.70. The molecular weight excluding hydrogens is 1720 g/mol. The standard InChI is InChI=1S/C81H122N18O27S2/c1-8-13-67-125-57-29-46-45-18-17-43-28-44(102)23-24-79(43,6)68(45)55(103)33-80(46,7)81(57,126-67)56(104)38-124-66(114)16-12-27-127-128-39-53(91-42(5)101)72(117)90-37-64(111)92-50(30-60(85)107)74(119)97-51(31-61(86)108)75(120)95-49(20-22-59(84)106)73(118)94-48(19-21-58(83)105)71(116)89-35-62(109)87-36-63(110)93-52(32-65(112)113)78(123)99-26-11-15-54(99)76(121)98-69(40(2)3)77(122)96-47(14-9-10-25-82)70(115)88-34-41(4)100/h23-24,28,40,45-55,57,67-69,103H,8-22,25-27,29-39,82H2,1-7H3,(H2,83,105)(H2,84,106)(H2,85,107)(H2,86,108)(H,87,109)(H,88,115)(H,89,116)(H,90,117)(H,91,101)(H,92,111)(H,93,110)(H,94,118)(H,95,120)(H,96,122)(H,97,119)(H,98,121)(H,112,113)/t45-,46-,47-,48-,49-,50-,51-,52-,53-,54-,55-,57+,67?,68+,69-,79-,80-,81+/m0/s1. The number of carboxylic acid groups (broad SMARTS) is 1. The number of aliphatic hydroxyl groups is 1. The van der Waals surface area contributed by atoms with Crippen LogP contribution >= 0.6 is 21.6 Å². The zero-order valence-electron chi connectivity index (χ0n) is 72.7. The van der Waals surface area contributed by atoms with Gasteiger partial charge in [-0.1, -0.05) is 74.3 Å². The van der Waals surface area contributed by atoms with Crippen molar-refractivity contribution >= 4 is 151 Å². The van der Waals surface area contributed by atoms with Gasteiger partial charge in [-0.25, -0.2) is 0 Å². The van der Waals surface area contributed by atoms with Crippen molar-refractivity contribution in [3.05, 3.63) is 23.8 Å². The number of aliphatic carboxylic acids is 1. The summed E-state index contributed by atoms with van der Waals surface area (Å²) >= 11 is 0. The van der Waals surface area contributed by atoms with E-state index < -0.39 is 285 Å². The van der Waals surface area contributed by atoms with Crippen molar-refractivity contribution in [1.29, 1.82) is 0 Å². The van der Waals surface area contributed by atoms with E-state index in [0.717, 1.165) is 28.2 Å². The second-order valence-electron chi connectivity index (χ2n) is 33.5. The summed E-state index contributed by atoms with van der Waals surface area (Å²) in [6.45, 7) is 7.98. The third kappa shape index (κ3) is 30.0. The number of rotatable bonds is 54. The van der Waals surface area contributed by atoms with Crippen LogP contribution in [0, 0.1) is 34.5 Å². The number of nitrogens with zero attached hydrogens (tertiary/aromatic N) is 1. The van der Waals surface area contributed by atoms with Crippen LogP contribution in [0.3, 0.4) is 0 Å². The highest BCUT2D eigenvalue weighted by molar-refractivity contribution is 8.76. The number of nitrogens with two attached hydrogens (primary N) is 5. The molecular formula is C81H122N18O27S2. The lowest BCUT2D eigenvalue weighted by atomic mass is 9.46. The first-order valence-corrected chi connectivity index (χ1v) is 45.0. The van der Waals surface area contributed by atoms with Crippen LogP contribution in [0.4, 0.5) is 0 Å². The first-order chi connectivity index (χ1) is 60.3. The van der Waals surface area contributed by atoms with Gasteiger partial charge in [0.25, 0.3) is 0 Å². The van der Waals surface area contributed by atoms with Crippen LogP contribution < -0.4 is 92.5 Å². The van der Waals surface area contributed by atoms with Crippen LogP contribution in [0.2, 0.25) is 0 Å². The second kappa shape index (κ2) is 49.5. The van der Waals surface area contributed by atoms with Gasteiger partial charge in [-0.15, -0.1) is 0 Å². The molecule has 0 aromatic heterocycles. The largest absolute Gasteiger partial charge is 0.481 e. The Kier molecular flexibility index (Phi) is 40.9. The summed E-state index contributed by atoms with van der Waals surface area (Å²) in [5, 5.41) is 49.5. The molecule has 4 aliphatic carbocycles. The number of likely N-dealkylation sites (tertiary alicyclic amines) is 1. The minimum Gasteiger partial charge on any atom is -0.481 e. The monoisotopic (exact) mass is 1840 g/mol. The molecule has 0 spiro atoms. The Balaban J connectivity index is 0.984. The van der Waals surface area contributed by atoms with E-state index in [-0.39, 0.29) is 86.7 Å². The van der Waals surface area contributed by atoms with E-state index in [0.29, 0.717) is 57.2 Å². The fourth-order valence-corrected chi connectivity index (χ4v) is 19.5. The average Bonchev–Trinajstić information content (AvgIpc) is 1.49. The molecule has 0 bridgehead atoms. The molecule has 0 radical (unpaired) electrons. The predicted octanol–water partition coefficient (Wildman–Crippen LogP) is -6.09. The lowest BCUT2D eigenvalue weighted by molar-refractivity contribution is -0.201. The van der Waals surface area contributed by atoms with E-state index in [4.69, 9.17) is 42.9 Å². The van der Waals surface area contributed by atoms with E-state index in [9.17, 15) is 116 Å². The number of amides is 17. The molecule has 47 heteroatoms. The van der Waals surface area contributed by atoms with Crippen LogP contribution in [0.25, 0.3) is 0 Å². The minimum atomic E-state index is -2.07. The molecule has 18 atom stereocenters. The van der Waals surface area contributed by atoms with E-state index in [1.165, 1.54) is 17.7 Å². The highest BCUT2D eigenvalue weighted by atomic mass is 33.1. The maximum absolute atomic E-state index is 14.7. The number of ketones is 3. The fraction of sp³-hybridized carbons (Fsp3) is 0.679.